The van der Waals surface area contributed by atoms with Crippen LogP contribution in [0.3, 0.4) is 0 Å². The van der Waals surface area contributed by atoms with Crippen LogP contribution in [0.15, 0.2) is 51.7 Å². The first-order valence-corrected chi connectivity index (χ1v) is 8.76. The first kappa shape index (κ1) is 21.4. The molecule has 160 valence electrons. The van der Waals surface area contributed by atoms with Crippen molar-refractivity contribution in [3.8, 4) is 11.5 Å². The zero-order valence-corrected chi connectivity index (χ0v) is 16.4. The van der Waals surface area contributed by atoms with Crippen molar-refractivity contribution >= 4 is 23.5 Å². The molecule has 1 aromatic heterocycles. The standard InChI is InChI=1S/C20H16FN3O7/c1-29-18(26)12-7-13(19(27)30-2)9-15(8-12)22-16(25)10-24-20(28)31-17(23-24)11-3-5-14(21)6-4-11/h3-9H,10H2,1-2H3,(H,22,25). The van der Waals surface area contributed by atoms with E-state index < -0.39 is 36.0 Å². The Morgan fingerprint density at radius 2 is 1.61 bits per heavy atom. The van der Waals surface area contributed by atoms with Gasteiger partial charge in [0.15, 0.2) is 0 Å². The molecule has 1 N–H and O–H groups in total. The van der Waals surface area contributed by atoms with Crippen LogP contribution in [0, 0.1) is 5.82 Å². The highest BCUT2D eigenvalue weighted by atomic mass is 19.1. The summed E-state index contributed by atoms with van der Waals surface area (Å²) in [5.74, 6) is -3.58. The van der Waals surface area contributed by atoms with Gasteiger partial charge in [-0.25, -0.2) is 18.8 Å². The predicted octanol–water partition coefficient (Wildman–Crippen LogP) is 1.85. The first-order valence-electron chi connectivity index (χ1n) is 8.76. The fourth-order valence-electron chi connectivity index (χ4n) is 2.62. The minimum Gasteiger partial charge on any atom is -0.465 e. The van der Waals surface area contributed by atoms with Crippen LogP contribution in [0.1, 0.15) is 20.7 Å². The van der Waals surface area contributed by atoms with E-state index >= 15 is 0 Å². The molecule has 0 fully saturated rings. The number of amides is 1. The molecule has 0 saturated heterocycles. The molecular formula is C20H16FN3O7. The lowest BCUT2D eigenvalue weighted by Gasteiger charge is -2.09. The summed E-state index contributed by atoms with van der Waals surface area (Å²) in [7, 11) is 2.34. The third-order valence-electron chi connectivity index (χ3n) is 4.05. The van der Waals surface area contributed by atoms with E-state index in [0.29, 0.717) is 5.56 Å². The van der Waals surface area contributed by atoms with Crippen LogP contribution in [0.2, 0.25) is 0 Å². The summed E-state index contributed by atoms with van der Waals surface area (Å²) in [5.41, 5.74) is 0.477. The molecule has 0 aliphatic carbocycles. The third-order valence-corrected chi connectivity index (χ3v) is 4.05. The maximum atomic E-state index is 13.0. The van der Waals surface area contributed by atoms with Gasteiger partial charge in [-0.05, 0) is 42.5 Å². The minimum atomic E-state index is -0.895. The molecule has 0 unspecified atom stereocenters. The van der Waals surface area contributed by atoms with Crippen molar-refractivity contribution in [3.05, 3.63) is 70.0 Å². The monoisotopic (exact) mass is 429 g/mol. The maximum absolute atomic E-state index is 13.0. The van der Waals surface area contributed by atoms with E-state index in [0.717, 1.165) is 4.68 Å². The molecule has 0 radical (unpaired) electrons. The summed E-state index contributed by atoms with van der Waals surface area (Å²) in [4.78, 5) is 48.0. The van der Waals surface area contributed by atoms with Crippen molar-refractivity contribution in [1.82, 2.24) is 9.78 Å². The predicted molar refractivity (Wildman–Crippen MR) is 104 cm³/mol. The van der Waals surface area contributed by atoms with Gasteiger partial charge < -0.3 is 19.2 Å². The van der Waals surface area contributed by atoms with Crippen molar-refractivity contribution in [1.29, 1.82) is 0 Å². The number of nitrogens with one attached hydrogen (secondary N) is 1. The molecule has 0 atom stereocenters. The largest absolute Gasteiger partial charge is 0.465 e. The molecule has 0 aliphatic rings. The molecule has 11 heteroatoms. The zero-order chi connectivity index (χ0) is 22.5. The summed E-state index contributed by atoms with van der Waals surface area (Å²) in [6.45, 7) is -0.514. The summed E-state index contributed by atoms with van der Waals surface area (Å²) >= 11 is 0. The van der Waals surface area contributed by atoms with Crippen molar-refractivity contribution < 1.29 is 32.7 Å². The maximum Gasteiger partial charge on any atom is 0.437 e. The van der Waals surface area contributed by atoms with Crippen LogP contribution in [-0.2, 0) is 20.8 Å². The lowest BCUT2D eigenvalue weighted by Crippen LogP contribution is -2.26. The van der Waals surface area contributed by atoms with Gasteiger partial charge in [0.2, 0.25) is 11.8 Å². The van der Waals surface area contributed by atoms with Gasteiger partial charge in [-0.3, -0.25) is 4.79 Å². The van der Waals surface area contributed by atoms with E-state index in [-0.39, 0.29) is 22.7 Å². The topological polar surface area (TPSA) is 130 Å². The minimum absolute atomic E-state index is 0.0119. The second-order valence-electron chi connectivity index (χ2n) is 6.17. The molecule has 1 amide bonds. The SMILES string of the molecule is COC(=O)c1cc(NC(=O)Cn2nc(-c3ccc(F)cc3)oc2=O)cc(C(=O)OC)c1. The Hall–Kier alpha value is -4.28. The quantitative estimate of drug-likeness (QED) is 0.588. The molecule has 31 heavy (non-hydrogen) atoms. The van der Waals surface area contributed by atoms with Crippen molar-refractivity contribution in [2.24, 2.45) is 0 Å². The summed E-state index contributed by atoms with van der Waals surface area (Å²) < 4.78 is 28.1. The number of esters is 2. The first-order chi connectivity index (χ1) is 14.8. The molecule has 10 nitrogen and oxygen atoms in total. The van der Waals surface area contributed by atoms with Gasteiger partial charge in [0.05, 0.1) is 25.3 Å². The molecule has 0 aliphatic heterocycles. The van der Waals surface area contributed by atoms with E-state index in [1.54, 1.807) is 0 Å². The number of aromatic nitrogens is 2. The van der Waals surface area contributed by atoms with Gasteiger partial charge in [0.1, 0.15) is 12.4 Å². The highest BCUT2D eigenvalue weighted by Crippen LogP contribution is 2.18. The fraction of sp³-hybridized carbons (Fsp3) is 0.150. The lowest BCUT2D eigenvalue weighted by molar-refractivity contribution is -0.117. The van der Waals surface area contributed by atoms with E-state index in [4.69, 9.17) is 4.42 Å². The zero-order valence-electron chi connectivity index (χ0n) is 16.4. The second-order valence-corrected chi connectivity index (χ2v) is 6.17. The number of carbonyl (C=O) groups excluding carboxylic acids is 3. The molecule has 0 saturated carbocycles. The van der Waals surface area contributed by atoms with Gasteiger partial charge in [0, 0.05) is 11.3 Å². The molecule has 3 rings (SSSR count). The summed E-state index contributed by atoms with van der Waals surface area (Å²) in [6.07, 6.45) is 0. The Morgan fingerprint density at radius 1 is 1.03 bits per heavy atom. The molecular weight excluding hydrogens is 413 g/mol. The number of anilines is 1. The molecule has 0 bridgehead atoms. The number of benzene rings is 2. The van der Waals surface area contributed by atoms with E-state index in [1.807, 2.05) is 0 Å². The van der Waals surface area contributed by atoms with Crippen LogP contribution in [-0.4, -0.2) is 41.8 Å². The molecule has 2 aromatic carbocycles. The van der Waals surface area contributed by atoms with Crippen LogP contribution >= 0.6 is 0 Å². The number of ether oxygens (including phenoxy) is 2. The highest BCUT2D eigenvalue weighted by molar-refractivity contribution is 5.99. The van der Waals surface area contributed by atoms with E-state index in [2.05, 4.69) is 19.9 Å². The van der Waals surface area contributed by atoms with Gasteiger partial charge in [-0.15, -0.1) is 5.10 Å². The highest BCUT2D eigenvalue weighted by Gasteiger charge is 2.17. The number of carbonyl (C=O) groups is 3. The van der Waals surface area contributed by atoms with Gasteiger partial charge in [-0.1, -0.05) is 0 Å². The average molecular weight is 429 g/mol. The van der Waals surface area contributed by atoms with Crippen LogP contribution in [0.5, 0.6) is 0 Å². The summed E-state index contributed by atoms with van der Waals surface area (Å²) in [6, 6.07) is 8.94. The Kier molecular flexibility index (Phi) is 6.24. The number of methoxy groups -OCH3 is 2. The number of halogens is 1. The van der Waals surface area contributed by atoms with Crippen LogP contribution in [0.25, 0.3) is 11.5 Å². The van der Waals surface area contributed by atoms with Crippen LogP contribution < -0.4 is 11.1 Å². The Balaban J connectivity index is 1.81. The van der Waals surface area contributed by atoms with Gasteiger partial charge in [0.25, 0.3) is 0 Å². The van der Waals surface area contributed by atoms with E-state index in [9.17, 15) is 23.6 Å². The number of hydrogen-bond donors (Lipinski definition) is 1. The molecule has 3 aromatic rings. The number of nitrogens with zero attached hydrogens (tertiary/aromatic N) is 2. The normalized spacial score (nSPS) is 10.4. The summed E-state index contributed by atoms with van der Waals surface area (Å²) in [5, 5.41) is 6.38. The number of hydrogen-bond acceptors (Lipinski definition) is 8. The van der Waals surface area contributed by atoms with Crippen molar-refractivity contribution in [2.45, 2.75) is 6.54 Å². The molecule has 1 heterocycles. The van der Waals surface area contributed by atoms with Crippen molar-refractivity contribution in [2.75, 3.05) is 19.5 Å². The Morgan fingerprint density at radius 3 is 2.16 bits per heavy atom. The van der Waals surface area contributed by atoms with E-state index in [1.165, 1.54) is 56.7 Å². The fourth-order valence-corrected chi connectivity index (χ4v) is 2.62. The average Bonchev–Trinajstić information content (AvgIpc) is 3.12. The second kappa shape index (κ2) is 9.03. The van der Waals surface area contributed by atoms with Crippen molar-refractivity contribution in [3.63, 3.8) is 0 Å². The number of rotatable bonds is 6. The lowest BCUT2D eigenvalue weighted by atomic mass is 10.1. The van der Waals surface area contributed by atoms with Gasteiger partial charge >= 0.3 is 17.7 Å². The third kappa shape index (κ3) is 5.01. The molecule has 0 spiro atoms. The Labute approximate surface area is 174 Å². The van der Waals surface area contributed by atoms with Gasteiger partial charge in [-0.2, -0.15) is 4.68 Å². The Bertz CT molecular complexity index is 1160. The van der Waals surface area contributed by atoms with Crippen LogP contribution in [0.4, 0.5) is 10.1 Å². The smallest absolute Gasteiger partial charge is 0.437 e.